The molecule has 10 heavy (non-hydrogen) atoms. The third-order valence-corrected chi connectivity index (χ3v) is 1.43. The van der Waals surface area contributed by atoms with Gasteiger partial charge >= 0.3 is 0 Å². The van der Waals surface area contributed by atoms with Crippen LogP contribution in [0.3, 0.4) is 0 Å². The van der Waals surface area contributed by atoms with Crippen LogP contribution in [-0.4, -0.2) is 20.5 Å². The first-order chi connectivity index (χ1) is 4.75. The number of nitrogens with zero attached hydrogens (tertiary/aromatic N) is 4. The van der Waals surface area contributed by atoms with Crippen LogP contribution in [0.15, 0.2) is 4.99 Å². The lowest BCUT2D eigenvalue weighted by Crippen LogP contribution is -2.00. The molecule has 0 saturated carbocycles. The fourth-order valence-corrected chi connectivity index (χ4v) is 1.06. The van der Waals surface area contributed by atoms with Gasteiger partial charge in [0.15, 0.2) is 0 Å². The minimum Gasteiger partial charge on any atom is -0.224 e. The molecule has 0 amide bonds. The van der Waals surface area contributed by atoms with E-state index in [1.54, 1.807) is 0 Å². The molecule has 0 bridgehead atoms. The van der Waals surface area contributed by atoms with Crippen LogP contribution in [0.25, 0.3) is 0 Å². The number of aryl methyl sites for hydroxylation is 1. The van der Waals surface area contributed by atoms with Crippen molar-refractivity contribution < 1.29 is 0 Å². The summed E-state index contributed by atoms with van der Waals surface area (Å²) in [5.74, 6) is 1.54. The van der Waals surface area contributed by atoms with Gasteiger partial charge in [0.1, 0.15) is 5.82 Å². The van der Waals surface area contributed by atoms with Crippen LogP contribution in [0.5, 0.6) is 0 Å². The maximum Gasteiger partial charge on any atom is 0.248 e. The summed E-state index contributed by atoms with van der Waals surface area (Å²) in [4.78, 5) is 8.28. The summed E-state index contributed by atoms with van der Waals surface area (Å²) in [6.07, 6.45) is 0. The van der Waals surface area contributed by atoms with Crippen molar-refractivity contribution in [3.63, 3.8) is 0 Å². The van der Waals surface area contributed by atoms with Gasteiger partial charge in [0.25, 0.3) is 0 Å². The van der Waals surface area contributed by atoms with Crippen LogP contribution in [0.2, 0.25) is 0 Å². The van der Waals surface area contributed by atoms with Gasteiger partial charge in [-0.1, -0.05) is 0 Å². The molecule has 1 aromatic heterocycles. The van der Waals surface area contributed by atoms with Gasteiger partial charge in [-0.05, 0) is 13.8 Å². The first-order valence-electron chi connectivity index (χ1n) is 3.21. The van der Waals surface area contributed by atoms with Crippen LogP contribution in [0.4, 0.5) is 5.95 Å². The Morgan fingerprint density at radius 3 is 2.90 bits per heavy atom. The van der Waals surface area contributed by atoms with Crippen LogP contribution in [0.1, 0.15) is 12.7 Å². The standard InChI is InChI=1S/C6H8N4/c1-4-3-10-6(7-4)8-5(2)9-10/h3H2,1-2H3. The SMILES string of the molecule is CC1=Nc2nc(C)nn2C1. The van der Waals surface area contributed by atoms with Crippen molar-refractivity contribution >= 4 is 11.7 Å². The highest BCUT2D eigenvalue weighted by molar-refractivity contribution is 5.85. The molecule has 1 aliphatic rings. The summed E-state index contributed by atoms with van der Waals surface area (Å²) in [7, 11) is 0. The highest BCUT2D eigenvalue weighted by Gasteiger charge is 2.12. The Morgan fingerprint density at radius 1 is 1.40 bits per heavy atom. The molecule has 1 aromatic rings. The maximum atomic E-state index is 4.18. The van der Waals surface area contributed by atoms with Crippen molar-refractivity contribution in [1.29, 1.82) is 0 Å². The van der Waals surface area contributed by atoms with E-state index in [9.17, 15) is 0 Å². The first kappa shape index (κ1) is 5.58. The van der Waals surface area contributed by atoms with E-state index in [0.29, 0.717) is 0 Å². The Morgan fingerprint density at radius 2 is 2.20 bits per heavy atom. The molecular weight excluding hydrogens is 128 g/mol. The van der Waals surface area contributed by atoms with Crippen molar-refractivity contribution in [2.24, 2.45) is 4.99 Å². The first-order valence-corrected chi connectivity index (χ1v) is 3.21. The zero-order chi connectivity index (χ0) is 7.14. The molecule has 0 aliphatic carbocycles. The fourth-order valence-electron chi connectivity index (χ4n) is 1.06. The van der Waals surface area contributed by atoms with Crippen molar-refractivity contribution in [2.45, 2.75) is 20.4 Å². The fraction of sp³-hybridized carbons (Fsp3) is 0.500. The van der Waals surface area contributed by atoms with Gasteiger partial charge in [0.2, 0.25) is 5.95 Å². The molecule has 52 valence electrons. The zero-order valence-corrected chi connectivity index (χ0v) is 6.00. The van der Waals surface area contributed by atoms with Crippen molar-refractivity contribution in [1.82, 2.24) is 14.8 Å². The van der Waals surface area contributed by atoms with E-state index in [2.05, 4.69) is 15.1 Å². The van der Waals surface area contributed by atoms with E-state index < -0.39 is 0 Å². The van der Waals surface area contributed by atoms with Gasteiger partial charge in [0.05, 0.1) is 6.54 Å². The lowest BCUT2D eigenvalue weighted by Gasteiger charge is -1.87. The molecule has 2 heterocycles. The highest BCUT2D eigenvalue weighted by Crippen LogP contribution is 2.14. The topological polar surface area (TPSA) is 43.1 Å². The number of fused-ring (bicyclic) bond motifs is 1. The summed E-state index contributed by atoms with van der Waals surface area (Å²) >= 11 is 0. The lowest BCUT2D eigenvalue weighted by atomic mass is 10.4. The Bertz CT molecular complexity index is 297. The smallest absolute Gasteiger partial charge is 0.224 e. The Hall–Kier alpha value is -1.19. The van der Waals surface area contributed by atoms with Gasteiger partial charge in [-0.3, -0.25) is 0 Å². The average Bonchev–Trinajstić information content (AvgIpc) is 2.21. The Labute approximate surface area is 58.6 Å². The molecule has 4 nitrogen and oxygen atoms in total. The summed E-state index contributed by atoms with van der Waals surface area (Å²) < 4.78 is 1.81. The van der Waals surface area contributed by atoms with Gasteiger partial charge in [-0.15, -0.1) is 0 Å². The monoisotopic (exact) mass is 136 g/mol. The quantitative estimate of drug-likeness (QED) is 0.526. The van der Waals surface area contributed by atoms with E-state index in [1.807, 2.05) is 18.5 Å². The molecule has 4 heteroatoms. The molecule has 0 N–H and O–H groups in total. The molecule has 1 aliphatic heterocycles. The van der Waals surface area contributed by atoms with Gasteiger partial charge < -0.3 is 0 Å². The van der Waals surface area contributed by atoms with Crippen LogP contribution < -0.4 is 0 Å². The third kappa shape index (κ3) is 0.650. The molecule has 0 saturated heterocycles. The molecular formula is C6H8N4. The number of hydrogen-bond acceptors (Lipinski definition) is 3. The molecule has 0 unspecified atom stereocenters. The predicted octanol–water partition coefficient (Wildman–Crippen LogP) is 0.693. The normalized spacial score (nSPS) is 15.2. The minimum absolute atomic E-state index is 0.745. The molecule has 0 fully saturated rings. The van der Waals surface area contributed by atoms with Crippen LogP contribution >= 0.6 is 0 Å². The second-order valence-electron chi connectivity index (χ2n) is 2.46. The number of hydrogen-bond donors (Lipinski definition) is 0. The van der Waals surface area contributed by atoms with E-state index in [-0.39, 0.29) is 0 Å². The Balaban J connectivity index is 2.53. The molecule has 0 aromatic carbocycles. The molecule has 0 radical (unpaired) electrons. The van der Waals surface area contributed by atoms with E-state index >= 15 is 0 Å². The van der Waals surface area contributed by atoms with E-state index in [4.69, 9.17) is 0 Å². The largest absolute Gasteiger partial charge is 0.248 e. The molecule has 2 rings (SSSR count). The summed E-state index contributed by atoms with van der Waals surface area (Å²) in [6.45, 7) is 4.65. The summed E-state index contributed by atoms with van der Waals surface area (Å²) in [6, 6.07) is 0. The predicted molar refractivity (Wildman–Crippen MR) is 37.5 cm³/mol. The number of aliphatic imine (C=N–C) groups is 1. The van der Waals surface area contributed by atoms with Crippen molar-refractivity contribution in [2.75, 3.05) is 0 Å². The summed E-state index contributed by atoms with van der Waals surface area (Å²) in [5, 5.41) is 4.13. The van der Waals surface area contributed by atoms with Gasteiger partial charge in [-0.2, -0.15) is 10.1 Å². The maximum absolute atomic E-state index is 4.18. The van der Waals surface area contributed by atoms with E-state index in [1.165, 1.54) is 0 Å². The van der Waals surface area contributed by atoms with Gasteiger partial charge in [-0.25, -0.2) is 9.67 Å². The van der Waals surface area contributed by atoms with E-state index in [0.717, 1.165) is 24.0 Å². The second kappa shape index (κ2) is 1.65. The van der Waals surface area contributed by atoms with Gasteiger partial charge in [0, 0.05) is 5.71 Å². The average molecular weight is 136 g/mol. The number of rotatable bonds is 0. The lowest BCUT2D eigenvalue weighted by molar-refractivity contribution is 0.740. The highest BCUT2D eigenvalue weighted by atomic mass is 15.4. The van der Waals surface area contributed by atoms with Crippen molar-refractivity contribution in [3.8, 4) is 0 Å². The molecule has 0 spiro atoms. The molecule has 0 atom stereocenters. The second-order valence-corrected chi connectivity index (χ2v) is 2.46. The van der Waals surface area contributed by atoms with Crippen LogP contribution in [0, 0.1) is 6.92 Å². The minimum atomic E-state index is 0.745. The van der Waals surface area contributed by atoms with Crippen LogP contribution in [-0.2, 0) is 6.54 Å². The van der Waals surface area contributed by atoms with Crippen molar-refractivity contribution in [3.05, 3.63) is 5.82 Å². The number of aromatic nitrogens is 3. The third-order valence-electron chi connectivity index (χ3n) is 1.43. The summed E-state index contributed by atoms with van der Waals surface area (Å²) in [5.41, 5.74) is 1.08. The zero-order valence-electron chi connectivity index (χ0n) is 6.00. The Kier molecular flexibility index (Phi) is 0.922.